The van der Waals surface area contributed by atoms with Gasteiger partial charge in [0.05, 0.1) is 34.0 Å². The molecule has 11 nitrogen and oxygen atoms in total. The molecule has 6 aromatic carbocycles. The van der Waals surface area contributed by atoms with Gasteiger partial charge in [0.25, 0.3) is 0 Å². The molecule has 14 heteroatoms. The summed E-state index contributed by atoms with van der Waals surface area (Å²) in [6, 6.07) is 60.0. The number of rotatable bonds is 10. The quantitative estimate of drug-likeness (QED) is 0.0587. The largest absolute Gasteiger partial charge is 0.657 e. The minimum atomic E-state index is -0.181. The fourth-order valence-corrected chi connectivity index (χ4v) is 18.4. The van der Waals surface area contributed by atoms with Gasteiger partial charge in [0, 0.05) is 67.1 Å². The van der Waals surface area contributed by atoms with Crippen LogP contribution in [0.2, 0.25) is 5.15 Å². The molecule has 1 radical (unpaired) electrons. The molecule has 0 amide bonds. The SMILES string of the molecule is CSc1nc(Cl)c(-c2c3ccc([n-]3)c(-c3c(C)cc(C)cc3C)c3nc(c4ccc([n-]4)c(-c4c(C)cc(C)cc4C)c4ccc2[n-]4)C=C3)c(Oc2ccc(-c3c4nc(c(-c5cc(C(C)(C)C)cc(C(C)(C)C)c5)c5ccc([nH]5)c(-c5cc(C(C)(C)C)cc(C(C)(C)C)c5)c5nc(c(-c6cc(C(C)(C)C)cc(C(C)(C)C)c6)c6ccc3[nH]6)C=C5)C=C4)cc2)n1.[Cu]. The van der Waals surface area contributed by atoms with Crippen molar-refractivity contribution in [3.05, 3.63) is 270 Å². The molecule has 3 aliphatic heterocycles. The molecular weight excluding hydrogens is 1610 g/mol. The van der Waals surface area contributed by atoms with Crippen molar-refractivity contribution in [3.63, 3.8) is 0 Å². The molecule has 0 saturated carbocycles. The van der Waals surface area contributed by atoms with E-state index in [1.54, 1.807) is 0 Å². The van der Waals surface area contributed by atoms with Crippen molar-refractivity contribution in [2.45, 2.75) is 204 Å². The van der Waals surface area contributed by atoms with Gasteiger partial charge in [-0.25, -0.2) is 19.9 Å². The minimum absolute atomic E-state index is 0. The van der Waals surface area contributed by atoms with Crippen LogP contribution in [-0.4, -0.2) is 41.1 Å². The molecule has 11 heterocycles. The summed E-state index contributed by atoms with van der Waals surface area (Å²) in [6.07, 6.45) is 14.9. The molecule has 0 aliphatic carbocycles. The third kappa shape index (κ3) is 16.4. The van der Waals surface area contributed by atoms with Crippen molar-refractivity contribution in [2.75, 3.05) is 6.26 Å². The number of nitrogens with zero attached hydrogens (tertiary/aromatic N) is 8. The number of H-pyrrole nitrogens is 2. The smallest absolute Gasteiger partial charge is 0.232 e. The van der Waals surface area contributed by atoms with Gasteiger partial charge in [-0.15, -0.1) is 33.1 Å². The summed E-state index contributed by atoms with van der Waals surface area (Å²) in [5.74, 6) is 0.735. The standard InChI is InChI=1S/C110H110ClN10OS.Cu/c1-59-46-61(3)92(62(4)47-59)98-86-32-30-76(112-86)77-31-33-87(113-77)99(93-63(5)48-60(2)49-64(93)6)89-43-45-91(119-89)100(90-44-42-88(98)118-90)101-102(111)120-104(123-25)121-103(101)122-75-28-26-65(27-29-75)94-78-34-36-80(114-78)95(66-50-69(105(7,8)9)56-70(51-66)106(10,11)12)82-38-40-84(116-82)97(68-54-73(109(19,20)21)58-74(55-68)110(22,23)24)85-41-39-83(117-85)96(81-37-35-79(94)115-81)67-52-71(107(13,14)15)57-72(53-67)108(16,17)18;/h26-58,114,117H,1-25H3;/q-3;. The Hall–Kier alpha value is -11.3. The summed E-state index contributed by atoms with van der Waals surface area (Å²) in [5, 5.41) is 0.601. The second-order valence-electron chi connectivity index (χ2n) is 40.2. The van der Waals surface area contributed by atoms with Crippen molar-refractivity contribution < 1.29 is 21.8 Å². The number of halogens is 1. The molecule has 0 saturated heterocycles. The van der Waals surface area contributed by atoms with E-state index in [0.29, 0.717) is 33.1 Å². The van der Waals surface area contributed by atoms with Crippen molar-refractivity contribution in [2.24, 2.45) is 0 Å². The zero-order valence-corrected chi connectivity index (χ0v) is 78.6. The zero-order valence-electron chi connectivity index (χ0n) is 76.1. The number of fused-ring (bicyclic) bond motifs is 17. The number of aryl methyl sites for hydroxylation is 6. The fourth-order valence-electron chi connectivity index (χ4n) is 17.8. The minimum Gasteiger partial charge on any atom is -0.657 e. The van der Waals surface area contributed by atoms with E-state index >= 15 is 0 Å². The van der Waals surface area contributed by atoms with Crippen LogP contribution in [0.4, 0.5) is 0 Å². The summed E-state index contributed by atoms with van der Waals surface area (Å²) in [5.41, 5.74) is 38.8. The predicted octanol–water partition coefficient (Wildman–Crippen LogP) is 29.8. The first-order valence-electron chi connectivity index (χ1n) is 42.9. The molecule has 633 valence electrons. The molecule has 8 aromatic heterocycles. The Labute approximate surface area is 750 Å². The van der Waals surface area contributed by atoms with Gasteiger partial charge in [-0.2, -0.15) is 4.98 Å². The van der Waals surface area contributed by atoms with Gasteiger partial charge < -0.3 is 29.7 Å². The molecule has 3 aliphatic rings. The van der Waals surface area contributed by atoms with E-state index in [2.05, 4.69) is 352 Å². The molecule has 0 atom stereocenters. The van der Waals surface area contributed by atoms with Crippen LogP contribution in [0, 0.1) is 41.5 Å². The van der Waals surface area contributed by atoms with Crippen molar-refractivity contribution in [3.8, 4) is 89.5 Å². The van der Waals surface area contributed by atoms with Crippen LogP contribution in [0.3, 0.4) is 0 Å². The van der Waals surface area contributed by atoms with E-state index in [9.17, 15) is 0 Å². The van der Waals surface area contributed by atoms with Gasteiger partial charge in [0.15, 0.2) is 5.16 Å². The van der Waals surface area contributed by atoms with Crippen LogP contribution in [0.15, 0.2) is 169 Å². The number of thioether (sulfide) groups is 1. The third-order valence-electron chi connectivity index (χ3n) is 24.4. The number of aromatic nitrogens is 10. The van der Waals surface area contributed by atoms with E-state index in [-0.39, 0.29) is 60.6 Å². The molecule has 0 unspecified atom stereocenters. The molecule has 124 heavy (non-hydrogen) atoms. The Kier molecular flexibility index (Phi) is 22.1. The average Bonchev–Trinajstić information content (AvgIpc) is 1.59. The number of nitrogens with one attached hydrogen (secondary N) is 2. The summed E-state index contributed by atoms with van der Waals surface area (Å²) in [4.78, 5) is 52.6. The Morgan fingerprint density at radius 3 is 0.911 bits per heavy atom. The monoisotopic (exact) mass is 1720 g/mol. The first kappa shape index (κ1) is 86.2. The molecular formula is C110H110ClCuN10OS-3. The Balaban J connectivity index is 0.0000114. The maximum atomic E-state index is 7.79. The molecule has 16 bridgehead atoms. The van der Waals surface area contributed by atoms with Crippen LogP contribution >= 0.6 is 23.4 Å². The Morgan fingerprint density at radius 2 is 0.573 bits per heavy atom. The molecule has 0 spiro atoms. The van der Waals surface area contributed by atoms with E-state index < -0.39 is 0 Å². The number of ether oxygens (including phenoxy) is 1. The fraction of sp³-hybridized carbons (Fsp3) is 0.282. The van der Waals surface area contributed by atoms with Crippen LogP contribution in [0.1, 0.15) is 226 Å². The van der Waals surface area contributed by atoms with Gasteiger partial charge in [0.1, 0.15) is 10.9 Å². The van der Waals surface area contributed by atoms with E-state index in [1.165, 1.54) is 56.3 Å². The molecule has 17 rings (SSSR count). The van der Waals surface area contributed by atoms with Crippen LogP contribution in [0.25, 0.3) is 170 Å². The maximum absolute atomic E-state index is 7.79. The second-order valence-corrected chi connectivity index (χ2v) is 41.4. The first-order valence-corrected chi connectivity index (χ1v) is 44.5. The predicted molar refractivity (Wildman–Crippen MR) is 522 cm³/mol. The Bertz CT molecular complexity index is 6930. The third-order valence-corrected chi connectivity index (χ3v) is 25.3. The van der Waals surface area contributed by atoms with Gasteiger partial charge in [-0.1, -0.05) is 287 Å². The van der Waals surface area contributed by atoms with E-state index in [1.807, 2.05) is 30.5 Å². The van der Waals surface area contributed by atoms with Crippen molar-refractivity contribution in [1.29, 1.82) is 0 Å². The first-order chi connectivity index (χ1) is 58.0. The van der Waals surface area contributed by atoms with Crippen molar-refractivity contribution in [1.82, 2.24) is 49.8 Å². The zero-order chi connectivity index (χ0) is 87.4. The van der Waals surface area contributed by atoms with Crippen LogP contribution < -0.4 is 19.7 Å². The average molecular weight is 1720 g/mol. The van der Waals surface area contributed by atoms with Gasteiger partial charge >= 0.3 is 0 Å². The normalized spacial score (nSPS) is 13.0. The summed E-state index contributed by atoms with van der Waals surface area (Å²) >= 11 is 9.18. The van der Waals surface area contributed by atoms with Crippen molar-refractivity contribution >= 4 is 115 Å². The van der Waals surface area contributed by atoms with Gasteiger partial charge in [-0.3, -0.25) is 0 Å². The molecule has 2 N–H and O–H groups in total. The number of aromatic amines is 2. The number of hydrogen-bond donors (Lipinski definition) is 2. The van der Waals surface area contributed by atoms with Gasteiger partial charge in [0.2, 0.25) is 5.88 Å². The summed E-state index contributed by atoms with van der Waals surface area (Å²) in [6.45, 7) is 54.5. The maximum Gasteiger partial charge on any atom is 0.232 e. The van der Waals surface area contributed by atoms with E-state index in [4.69, 9.17) is 56.2 Å². The van der Waals surface area contributed by atoms with Crippen LogP contribution in [0.5, 0.6) is 11.6 Å². The van der Waals surface area contributed by atoms with Gasteiger partial charge in [-0.05, 0) is 259 Å². The van der Waals surface area contributed by atoms with E-state index in [0.717, 1.165) is 167 Å². The summed E-state index contributed by atoms with van der Waals surface area (Å²) < 4.78 is 7.33. The Morgan fingerprint density at radius 1 is 0.290 bits per heavy atom. The second kappa shape index (κ2) is 31.7. The number of hydrogen-bond acceptors (Lipinski definition) is 7. The van der Waals surface area contributed by atoms with Crippen LogP contribution in [-0.2, 0) is 49.6 Å². The number of benzene rings is 6. The topological polar surface area (TPSA) is 148 Å². The molecule has 14 aromatic rings. The molecule has 0 fully saturated rings. The summed E-state index contributed by atoms with van der Waals surface area (Å²) in [7, 11) is 0.